The zero-order chi connectivity index (χ0) is 14.3. The van der Waals surface area contributed by atoms with Crippen LogP contribution in [0.25, 0.3) is 21.9 Å². The fourth-order valence-corrected chi connectivity index (χ4v) is 2.19. The van der Waals surface area contributed by atoms with Crippen molar-refractivity contribution in [2.75, 3.05) is 7.11 Å². The molecule has 3 rings (SSSR count). The van der Waals surface area contributed by atoms with Crippen LogP contribution >= 0.6 is 0 Å². The summed E-state index contributed by atoms with van der Waals surface area (Å²) in [5, 5.41) is 12.3. The van der Waals surface area contributed by atoms with Gasteiger partial charge in [0.15, 0.2) is 6.29 Å². The molecule has 0 spiro atoms. The van der Waals surface area contributed by atoms with E-state index in [4.69, 9.17) is 9.15 Å². The molecule has 0 N–H and O–H groups in total. The molecule has 0 bridgehead atoms. The van der Waals surface area contributed by atoms with E-state index in [9.17, 15) is 14.9 Å². The molecule has 1 heterocycles. The van der Waals surface area contributed by atoms with Gasteiger partial charge in [-0.15, -0.1) is 0 Å². The van der Waals surface area contributed by atoms with Crippen molar-refractivity contribution in [1.29, 1.82) is 0 Å². The fraction of sp³-hybridized carbons (Fsp3) is 0.0714. The van der Waals surface area contributed by atoms with Crippen LogP contribution in [0, 0.1) is 10.1 Å². The molecule has 100 valence electrons. The van der Waals surface area contributed by atoms with Crippen LogP contribution in [0.1, 0.15) is 10.4 Å². The highest BCUT2D eigenvalue weighted by Gasteiger charge is 2.18. The van der Waals surface area contributed by atoms with Crippen molar-refractivity contribution in [1.82, 2.24) is 0 Å². The lowest BCUT2D eigenvalue weighted by atomic mass is 10.1. The van der Waals surface area contributed by atoms with E-state index in [0.717, 1.165) is 5.39 Å². The maximum absolute atomic E-state index is 11.0. The third kappa shape index (κ3) is 1.70. The summed E-state index contributed by atoms with van der Waals surface area (Å²) in [6.45, 7) is 0. The molecular formula is C14H9NO5. The lowest BCUT2D eigenvalue weighted by molar-refractivity contribution is -0.385. The molecule has 0 radical (unpaired) electrons. The van der Waals surface area contributed by atoms with Crippen molar-refractivity contribution in [2.45, 2.75) is 0 Å². The number of hydrogen-bond donors (Lipinski definition) is 0. The van der Waals surface area contributed by atoms with Crippen molar-refractivity contribution < 1.29 is 18.9 Å². The van der Waals surface area contributed by atoms with Gasteiger partial charge in [-0.3, -0.25) is 14.9 Å². The summed E-state index contributed by atoms with van der Waals surface area (Å²) in [7, 11) is 1.55. The van der Waals surface area contributed by atoms with Crippen molar-refractivity contribution in [3.8, 4) is 5.75 Å². The molecule has 0 fully saturated rings. The summed E-state index contributed by atoms with van der Waals surface area (Å²) in [6.07, 6.45) is 0.469. The molecule has 1 aromatic heterocycles. The Morgan fingerprint density at radius 2 is 1.95 bits per heavy atom. The Bertz CT molecular complexity index is 850. The summed E-state index contributed by atoms with van der Waals surface area (Å²) in [4.78, 5) is 21.3. The van der Waals surface area contributed by atoms with E-state index in [-0.39, 0.29) is 11.3 Å². The topological polar surface area (TPSA) is 82.6 Å². The number of fused-ring (bicyclic) bond motifs is 3. The second kappa shape index (κ2) is 4.34. The molecule has 0 saturated heterocycles. The van der Waals surface area contributed by atoms with Crippen molar-refractivity contribution >= 4 is 33.9 Å². The zero-order valence-electron chi connectivity index (χ0n) is 10.5. The first kappa shape index (κ1) is 12.2. The lowest BCUT2D eigenvalue weighted by Crippen LogP contribution is -1.93. The third-order valence-corrected chi connectivity index (χ3v) is 3.15. The largest absolute Gasteiger partial charge is 0.497 e. The van der Waals surface area contributed by atoms with Gasteiger partial charge in [-0.25, -0.2) is 0 Å². The predicted molar refractivity (Wildman–Crippen MR) is 72.3 cm³/mol. The van der Waals surface area contributed by atoms with Gasteiger partial charge in [0.1, 0.15) is 16.9 Å². The molecule has 0 amide bonds. The number of carbonyl (C=O) groups excluding carboxylic acids is 1. The second-order valence-corrected chi connectivity index (χ2v) is 4.25. The Hall–Kier alpha value is -2.89. The molecule has 6 heteroatoms. The van der Waals surface area contributed by atoms with Crippen LogP contribution in [0.4, 0.5) is 5.69 Å². The van der Waals surface area contributed by atoms with Crippen molar-refractivity contribution in [2.24, 2.45) is 0 Å². The van der Waals surface area contributed by atoms with E-state index in [1.807, 2.05) is 0 Å². The third-order valence-electron chi connectivity index (χ3n) is 3.15. The average molecular weight is 271 g/mol. The Morgan fingerprint density at radius 3 is 2.60 bits per heavy atom. The number of ether oxygens (including phenoxy) is 1. The molecule has 0 unspecified atom stereocenters. The van der Waals surface area contributed by atoms with Crippen LogP contribution < -0.4 is 4.74 Å². The lowest BCUT2D eigenvalue weighted by Gasteiger charge is -1.98. The average Bonchev–Trinajstić information content (AvgIpc) is 2.82. The highest BCUT2D eigenvalue weighted by atomic mass is 16.6. The van der Waals surface area contributed by atoms with Gasteiger partial charge < -0.3 is 9.15 Å². The minimum absolute atomic E-state index is 0.0213. The van der Waals surface area contributed by atoms with Gasteiger partial charge in [-0.1, -0.05) is 0 Å². The van der Waals surface area contributed by atoms with E-state index >= 15 is 0 Å². The first-order chi connectivity index (χ1) is 9.63. The van der Waals surface area contributed by atoms with Gasteiger partial charge in [-0.2, -0.15) is 0 Å². The van der Waals surface area contributed by atoms with Gasteiger partial charge in [0, 0.05) is 10.8 Å². The van der Waals surface area contributed by atoms with Gasteiger partial charge in [0.05, 0.1) is 23.7 Å². The van der Waals surface area contributed by atoms with Crippen LogP contribution in [-0.2, 0) is 0 Å². The van der Waals surface area contributed by atoms with Crippen molar-refractivity contribution in [3.63, 3.8) is 0 Å². The highest BCUT2D eigenvalue weighted by Crippen LogP contribution is 2.34. The molecule has 0 aliphatic rings. The van der Waals surface area contributed by atoms with E-state index in [1.54, 1.807) is 25.3 Å². The fourth-order valence-electron chi connectivity index (χ4n) is 2.19. The number of methoxy groups -OCH3 is 1. The molecule has 0 aliphatic heterocycles. The SMILES string of the molecule is COc1ccc2oc3cc([N+](=O)[O-])c(C=O)cc3c2c1. The number of furan rings is 1. The summed E-state index contributed by atoms with van der Waals surface area (Å²) in [5.74, 6) is 0.645. The first-order valence-electron chi connectivity index (χ1n) is 5.78. The molecular weight excluding hydrogens is 262 g/mol. The summed E-state index contributed by atoms with van der Waals surface area (Å²) >= 11 is 0. The number of hydrogen-bond acceptors (Lipinski definition) is 5. The Labute approximate surface area is 112 Å². The van der Waals surface area contributed by atoms with Crippen molar-refractivity contribution in [3.05, 3.63) is 46.0 Å². The van der Waals surface area contributed by atoms with Gasteiger partial charge in [-0.05, 0) is 24.3 Å². The first-order valence-corrected chi connectivity index (χ1v) is 5.78. The number of benzene rings is 2. The summed E-state index contributed by atoms with van der Waals surface area (Å²) in [6, 6.07) is 7.96. The van der Waals surface area contributed by atoms with Crippen LogP contribution in [-0.4, -0.2) is 18.3 Å². The quantitative estimate of drug-likeness (QED) is 0.414. The number of nitro groups is 1. The summed E-state index contributed by atoms with van der Waals surface area (Å²) < 4.78 is 10.7. The maximum atomic E-state index is 11.0. The highest BCUT2D eigenvalue weighted by molar-refractivity contribution is 6.08. The predicted octanol–water partition coefficient (Wildman–Crippen LogP) is 3.32. The number of carbonyl (C=O) groups is 1. The van der Waals surface area contributed by atoms with Crippen LogP contribution in [0.3, 0.4) is 0 Å². The smallest absolute Gasteiger partial charge is 0.283 e. The second-order valence-electron chi connectivity index (χ2n) is 4.25. The van der Waals surface area contributed by atoms with Gasteiger partial charge >= 0.3 is 0 Å². The van der Waals surface area contributed by atoms with Gasteiger partial charge in [0.25, 0.3) is 5.69 Å². The van der Waals surface area contributed by atoms with Crippen LogP contribution in [0.15, 0.2) is 34.7 Å². The van der Waals surface area contributed by atoms with E-state index < -0.39 is 4.92 Å². The van der Waals surface area contributed by atoms with E-state index in [1.165, 1.54) is 12.1 Å². The number of nitro benzene ring substituents is 1. The Morgan fingerprint density at radius 1 is 1.20 bits per heavy atom. The monoisotopic (exact) mass is 271 g/mol. The molecule has 6 nitrogen and oxygen atoms in total. The minimum Gasteiger partial charge on any atom is -0.497 e. The minimum atomic E-state index is -0.600. The molecule has 20 heavy (non-hydrogen) atoms. The molecule has 0 saturated carbocycles. The molecule has 0 atom stereocenters. The summed E-state index contributed by atoms with van der Waals surface area (Å²) in [5.41, 5.74) is 0.704. The van der Waals surface area contributed by atoms with Crippen LogP contribution in [0.2, 0.25) is 0 Å². The van der Waals surface area contributed by atoms with Gasteiger partial charge in [0.2, 0.25) is 0 Å². The normalized spacial score (nSPS) is 10.8. The molecule has 3 aromatic rings. The number of aldehydes is 1. The standard InChI is InChI=1S/C14H9NO5/c1-19-9-2-3-13-11(5-9)10-4-8(7-16)12(15(17)18)6-14(10)20-13/h2-7H,1H3. The van der Waals surface area contributed by atoms with E-state index in [2.05, 4.69) is 0 Å². The Balaban J connectivity index is 2.40. The number of nitrogens with zero attached hydrogens (tertiary/aromatic N) is 1. The van der Waals surface area contributed by atoms with E-state index in [0.29, 0.717) is 28.6 Å². The maximum Gasteiger partial charge on any atom is 0.283 e. The molecule has 0 aliphatic carbocycles. The zero-order valence-corrected chi connectivity index (χ0v) is 10.5. The molecule has 2 aromatic carbocycles. The Kier molecular flexibility index (Phi) is 2.64. The number of rotatable bonds is 3. The van der Waals surface area contributed by atoms with Crippen LogP contribution in [0.5, 0.6) is 5.75 Å².